The molecule has 78 heavy (non-hydrogen) atoms. The summed E-state index contributed by atoms with van der Waals surface area (Å²) < 4.78 is 16.8. The second kappa shape index (κ2) is 66.6. The van der Waals surface area contributed by atoms with Gasteiger partial charge in [-0.2, -0.15) is 0 Å². The molecular formula is C72H130O6. The number of carbonyl (C=O) groups is 3. The Balaban J connectivity index is 4.01. The van der Waals surface area contributed by atoms with E-state index in [4.69, 9.17) is 14.2 Å². The first-order valence-electron chi connectivity index (χ1n) is 34.3. The number of esters is 3. The number of carbonyl (C=O) groups excluding carboxylic acids is 3. The van der Waals surface area contributed by atoms with Gasteiger partial charge in [-0.1, -0.05) is 313 Å². The van der Waals surface area contributed by atoms with E-state index in [1.54, 1.807) is 0 Å². The Morgan fingerprint density at radius 1 is 0.256 bits per heavy atom. The molecule has 6 heteroatoms. The summed E-state index contributed by atoms with van der Waals surface area (Å²) in [5.74, 6) is -0.865. The van der Waals surface area contributed by atoms with Crippen LogP contribution in [0.4, 0.5) is 0 Å². The van der Waals surface area contributed by atoms with Gasteiger partial charge in [0.15, 0.2) is 6.10 Å². The third-order valence-electron chi connectivity index (χ3n) is 15.2. The van der Waals surface area contributed by atoms with Gasteiger partial charge in [-0.15, -0.1) is 0 Å². The van der Waals surface area contributed by atoms with Crippen molar-refractivity contribution in [2.45, 2.75) is 367 Å². The number of unbranched alkanes of at least 4 members (excludes halogenated alkanes) is 42. The van der Waals surface area contributed by atoms with Crippen molar-refractivity contribution in [3.05, 3.63) is 60.8 Å². The lowest BCUT2D eigenvalue weighted by Gasteiger charge is -2.18. The smallest absolute Gasteiger partial charge is 0.306 e. The van der Waals surface area contributed by atoms with Crippen molar-refractivity contribution in [3.8, 4) is 0 Å². The van der Waals surface area contributed by atoms with Crippen molar-refractivity contribution in [2.75, 3.05) is 13.2 Å². The van der Waals surface area contributed by atoms with Gasteiger partial charge in [0.25, 0.3) is 0 Å². The summed E-state index contributed by atoms with van der Waals surface area (Å²) in [7, 11) is 0. The molecule has 454 valence electrons. The van der Waals surface area contributed by atoms with Crippen LogP contribution in [-0.4, -0.2) is 37.2 Å². The maximum Gasteiger partial charge on any atom is 0.306 e. The number of allylic oxidation sites excluding steroid dienone is 10. The van der Waals surface area contributed by atoms with Crippen molar-refractivity contribution < 1.29 is 28.6 Å². The summed E-state index contributed by atoms with van der Waals surface area (Å²) in [4.78, 5) is 38.1. The first-order valence-corrected chi connectivity index (χ1v) is 34.3. The van der Waals surface area contributed by atoms with E-state index in [0.29, 0.717) is 19.3 Å². The fourth-order valence-electron chi connectivity index (χ4n) is 10.1. The molecule has 0 saturated heterocycles. The molecule has 0 aromatic carbocycles. The van der Waals surface area contributed by atoms with E-state index >= 15 is 0 Å². The predicted octanol–water partition coefficient (Wildman–Crippen LogP) is 23.5. The Kier molecular flexibility index (Phi) is 64.2. The number of hydrogen-bond acceptors (Lipinski definition) is 6. The van der Waals surface area contributed by atoms with Crippen LogP contribution in [0.5, 0.6) is 0 Å². The zero-order valence-electron chi connectivity index (χ0n) is 52.2. The van der Waals surface area contributed by atoms with Gasteiger partial charge in [0.2, 0.25) is 0 Å². The monoisotopic (exact) mass is 1090 g/mol. The standard InChI is InChI=1S/C72H130O6/c1-4-7-10-13-16-18-20-22-24-26-28-30-32-33-34-35-36-37-38-39-41-42-44-46-48-50-52-54-56-59-62-65-71(74)77-68-69(67-76-70(73)64-61-58-15-12-9-6-3)78-72(75)66-63-60-57-55-53-51-49-47-45-43-40-31-29-27-25-23-21-19-17-14-11-8-5-2/h20-23,26-29,32-33,69H,4-19,24-25,30-31,34-68H2,1-3H3/b22-20-,23-21-,28-26-,29-27-,33-32-. The maximum atomic E-state index is 12.9. The van der Waals surface area contributed by atoms with Crippen molar-refractivity contribution >= 4 is 17.9 Å². The van der Waals surface area contributed by atoms with E-state index < -0.39 is 6.10 Å². The molecular weight excluding hydrogens is 961 g/mol. The molecule has 0 aromatic rings. The highest BCUT2D eigenvalue weighted by Crippen LogP contribution is 2.17. The minimum Gasteiger partial charge on any atom is -0.462 e. The average Bonchev–Trinajstić information content (AvgIpc) is 3.44. The van der Waals surface area contributed by atoms with Crippen molar-refractivity contribution in [2.24, 2.45) is 0 Å². The molecule has 0 radical (unpaired) electrons. The van der Waals surface area contributed by atoms with E-state index in [1.807, 2.05) is 0 Å². The molecule has 0 amide bonds. The molecule has 6 nitrogen and oxygen atoms in total. The lowest BCUT2D eigenvalue weighted by atomic mass is 10.0. The summed E-state index contributed by atoms with van der Waals surface area (Å²) in [6.45, 7) is 6.60. The molecule has 0 N–H and O–H groups in total. The summed E-state index contributed by atoms with van der Waals surface area (Å²) >= 11 is 0. The van der Waals surface area contributed by atoms with Crippen LogP contribution in [0.2, 0.25) is 0 Å². The quantitative estimate of drug-likeness (QED) is 0.0261. The highest BCUT2D eigenvalue weighted by atomic mass is 16.6. The SMILES string of the molecule is CCCCCCC/C=C\C/C=C\C/C=C\CCCCCCCCCCCCCCCCCCC(=O)OCC(COC(=O)CCCCCCCC)OC(=O)CCCCCCCCCCCCC/C=C\C/C=C\CCCCCCC. The highest BCUT2D eigenvalue weighted by Gasteiger charge is 2.19. The first kappa shape index (κ1) is 75.1. The molecule has 0 bridgehead atoms. The first-order chi connectivity index (χ1) is 38.5. The van der Waals surface area contributed by atoms with E-state index in [2.05, 4.69) is 81.5 Å². The molecule has 1 unspecified atom stereocenters. The minimum absolute atomic E-state index is 0.0715. The van der Waals surface area contributed by atoms with Gasteiger partial charge in [0.05, 0.1) is 0 Å². The molecule has 1 atom stereocenters. The maximum absolute atomic E-state index is 12.9. The number of rotatable bonds is 63. The van der Waals surface area contributed by atoms with Crippen molar-refractivity contribution in [1.82, 2.24) is 0 Å². The van der Waals surface area contributed by atoms with Gasteiger partial charge in [0, 0.05) is 19.3 Å². The number of hydrogen-bond donors (Lipinski definition) is 0. The molecule has 0 spiro atoms. The van der Waals surface area contributed by atoms with Crippen LogP contribution in [0.25, 0.3) is 0 Å². The van der Waals surface area contributed by atoms with Crippen molar-refractivity contribution in [1.29, 1.82) is 0 Å². The Labute approximate surface area is 485 Å². The van der Waals surface area contributed by atoms with Gasteiger partial charge in [-0.05, 0) is 89.9 Å². The van der Waals surface area contributed by atoms with Crippen LogP contribution in [-0.2, 0) is 28.6 Å². The second-order valence-corrected chi connectivity index (χ2v) is 23.1. The molecule has 0 aliphatic rings. The molecule has 0 fully saturated rings. The Morgan fingerprint density at radius 3 is 0.718 bits per heavy atom. The zero-order chi connectivity index (χ0) is 56.4. The van der Waals surface area contributed by atoms with E-state index in [-0.39, 0.29) is 31.1 Å². The molecule has 0 aromatic heterocycles. The van der Waals surface area contributed by atoms with E-state index in [0.717, 1.165) is 77.0 Å². The van der Waals surface area contributed by atoms with Gasteiger partial charge >= 0.3 is 17.9 Å². The third kappa shape index (κ3) is 63.9. The van der Waals surface area contributed by atoms with E-state index in [9.17, 15) is 14.4 Å². The second-order valence-electron chi connectivity index (χ2n) is 23.1. The molecule has 0 rings (SSSR count). The normalized spacial score (nSPS) is 12.4. The highest BCUT2D eigenvalue weighted by molar-refractivity contribution is 5.71. The molecule has 0 heterocycles. The predicted molar refractivity (Wildman–Crippen MR) is 339 cm³/mol. The average molecular weight is 1090 g/mol. The van der Waals surface area contributed by atoms with Crippen LogP contribution < -0.4 is 0 Å². The number of ether oxygens (including phenoxy) is 3. The summed E-state index contributed by atoms with van der Waals surface area (Å²) in [5.41, 5.74) is 0. The topological polar surface area (TPSA) is 78.9 Å². The van der Waals surface area contributed by atoms with Crippen LogP contribution in [0.1, 0.15) is 361 Å². The minimum atomic E-state index is -0.771. The van der Waals surface area contributed by atoms with Crippen LogP contribution >= 0.6 is 0 Å². The van der Waals surface area contributed by atoms with Gasteiger partial charge < -0.3 is 14.2 Å². The Hall–Kier alpha value is -2.89. The fourth-order valence-corrected chi connectivity index (χ4v) is 10.1. The molecule has 0 aliphatic heterocycles. The van der Waals surface area contributed by atoms with Crippen LogP contribution in [0.3, 0.4) is 0 Å². The fraction of sp³-hybridized carbons (Fsp3) is 0.819. The third-order valence-corrected chi connectivity index (χ3v) is 15.2. The Bertz CT molecular complexity index is 1390. The zero-order valence-corrected chi connectivity index (χ0v) is 52.2. The Morgan fingerprint density at radius 2 is 0.462 bits per heavy atom. The lowest BCUT2D eigenvalue weighted by molar-refractivity contribution is -0.167. The van der Waals surface area contributed by atoms with Crippen LogP contribution in [0.15, 0.2) is 60.8 Å². The van der Waals surface area contributed by atoms with Crippen LogP contribution in [0, 0.1) is 0 Å². The van der Waals surface area contributed by atoms with Crippen molar-refractivity contribution in [3.63, 3.8) is 0 Å². The molecule has 0 saturated carbocycles. The summed E-state index contributed by atoms with van der Waals surface area (Å²) in [6, 6.07) is 0. The lowest BCUT2D eigenvalue weighted by Crippen LogP contribution is -2.30. The summed E-state index contributed by atoms with van der Waals surface area (Å²) in [5, 5.41) is 0. The van der Waals surface area contributed by atoms with Gasteiger partial charge in [-0.25, -0.2) is 0 Å². The summed E-state index contributed by atoms with van der Waals surface area (Å²) in [6.07, 6.45) is 85.7. The van der Waals surface area contributed by atoms with Gasteiger partial charge in [-0.3, -0.25) is 14.4 Å². The largest absolute Gasteiger partial charge is 0.462 e. The van der Waals surface area contributed by atoms with E-state index in [1.165, 1.54) is 244 Å². The van der Waals surface area contributed by atoms with Gasteiger partial charge in [0.1, 0.15) is 13.2 Å². The molecule has 0 aliphatic carbocycles.